The third-order valence-electron chi connectivity index (χ3n) is 3.12. The summed E-state index contributed by atoms with van der Waals surface area (Å²) in [5.74, 6) is 0.822. The van der Waals surface area contributed by atoms with E-state index in [2.05, 4.69) is 19.1 Å². The van der Waals surface area contributed by atoms with Gasteiger partial charge in [-0.05, 0) is 18.4 Å². The first-order valence-corrected chi connectivity index (χ1v) is 5.47. The van der Waals surface area contributed by atoms with E-state index in [4.69, 9.17) is 4.74 Å². The van der Waals surface area contributed by atoms with Crippen molar-refractivity contribution < 1.29 is 9.53 Å². The molecule has 0 amide bonds. The quantitative estimate of drug-likeness (QED) is 0.707. The lowest BCUT2D eigenvalue weighted by molar-refractivity contribution is -0.145. The Bertz CT molecular complexity index is 345. The van der Waals surface area contributed by atoms with Gasteiger partial charge < -0.3 is 4.74 Å². The Balaban J connectivity index is 2.06. The molecule has 80 valence electrons. The highest BCUT2D eigenvalue weighted by molar-refractivity contribution is 5.78. The summed E-state index contributed by atoms with van der Waals surface area (Å²) in [6, 6.07) is 10.2. The number of benzene rings is 1. The fourth-order valence-corrected chi connectivity index (χ4v) is 2.25. The summed E-state index contributed by atoms with van der Waals surface area (Å²) >= 11 is 0. The van der Waals surface area contributed by atoms with Crippen LogP contribution in [0.1, 0.15) is 25.3 Å². The highest BCUT2D eigenvalue weighted by atomic mass is 16.5. The van der Waals surface area contributed by atoms with Gasteiger partial charge in [0.2, 0.25) is 0 Å². The first-order chi connectivity index (χ1) is 7.25. The zero-order chi connectivity index (χ0) is 10.8. The molecule has 2 nitrogen and oxygen atoms in total. The first kappa shape index (κ1) is 10.2. The van der Waals surface area contributed by atoms with E-state index >= 15 is 0 Å². The maximum atomic E-state index is 11.6. The molecule has 0 aliphatic heterocycles. The van der Waals surface area contributed by atoms with Gasteiger partial charge in [0.05, 0.1) is 12.5 Å². The molecule has 2 unspecified atom stereocenters. The molecule has 0 saturated heterocycles. The number of rotatable bonds is 3. The minimum atomic E-state index is -0.0427. The Kier molecular flexibility index (Phi) is 2.76. The van der Waals surface area contributed by atoms with Crippen LogP contribution in [0.15, 0.2) is 30.3 Å². The molecule has 2 heteroatoms. The molecule has 0 spiro atoms. The SMILES string of the molecule is CCOC(=O)C1C(c2ccccc2)[C@@H]1C. The predicted molar refractivity (Wildman–Crippen MR) is 58.5 cm³/mol. The number of ether oxygens (including phenoxy) is 1. The van der Waals surface area contributed by atoms with Gasteiger partial charge in [-0.3, -0.25) is 4.79 Å². The lowest BCUT2D eigenvalue weighted by Gasteiger charge is -2.00. The van der Waals surface area contributed by atoms with Crippen molar-refractivity contribution in [3.63, 3.8) is 0 Å². The summed E-state index contributed by atoms with van der Waals surface area (Å²) in [5.41, 5.74) is 1.25. The van der Waals surface area contributed by atoms with Crippen molar-refractivity contribution in [1.29, 1.82) is 0 Å². The van der Waals surface area contributed by atoms with Crippen LogP contribution in [0.3, 0.4) is 0 Å². The normalized spacial score (nSPS) is 28.5. The maximum absolute atomic E-state index is 11.6. The Hall–Kier alpha value is -1.31. The summed E-state index contributed by atoms with van der Waals surface area (Å²) in [7, 11) is 0. The van der Waals surface area contributed by atoms with E-state index in [0.717, 1.165) is 0 Å². The van der Waals surface area contributed by atoms with Gasteiger partial charge in [-0.2, -0.15) is 0 Å². The molecule has 0 N–H and O–H groups in total. The molecule has 0 aromatic heterocycles. The molecule has 1 aliphatic carbocycles. The van der Waals surface area contributed by atoms with Crippen LogP contribution in [0.5, 0.6) is 0 Å². The van der Waals surface area contributed by atoms with Crippen molar-refractivity contribution in [3.8, 4) is 0 Å². The summed E-state index contributed by atoms with van der Waals surface area (Å²) in [6.45, 7) is 4.44. The zero-order valence-corrected chi connectivity index (χ0v) is 9.14. The van der Waals surface area contributed by atoms with E-state index in [1.807, 2.05) is 25.1 Å². The first-order valence-electron chi connectivity index (χ1n) is 5.47. The second-order valence-electron chi connectivity index (χ2n) is 4.07. The van der Waals surface area contributed by atoms with Gasteiger partial charge in [0, 0.05) is 5.92 Å². The number of hydrogen-bond donors (Lipinski definition) is 0. The monoisotopic (exact) mass is 204 g/mol. The molecule has 1 aromatic rings. The third kappa shape index (κ3) is 1.89. The Morgan fingerprint density at radius 1 is 1.33 bits per heavy atom. The molecule has 1 fully saturated rings. The van der Waals surface area contributed by atoms with Gasteiger partial charge in [0.25, 0.3) is 0 Å². The Morgan fingerprint density at radius 2 is 2.00 bits per heavy atom. The molecule has 1 aromatic carbocycles. The van der Waals surface area contributed by atoms with Crippen molar-refractivity contribution in [3.05, 3.63) is 35.9 Å². The summed E-state index contributed by atoms with van der Waals surface area (Å²) in [6.07, 6.45) is 0. The van der Waals surface area contributed by atoms with Crippen molar-refractivity contribution in [2.24, 2.45) is 11.8 Å². The molecule has 15 heavy (non-hydrogen) atoms. The molecule has 1 aliphatic rings. The van der Waals surface area contributed by atoms with Gasteiger partial charge >= 0.3 is 5.97 Å². The molecule has 0 radical (unpaired) electrons. The fourth-order valence-electron chi connectivity index (χ4n) is 2.25. The molecule has 3 atom stereocenters. The molecule has 0 bridgehead atoms. The second-order valence-corrected chi connectivity index (χ2v) is 4.07. The van der Waals surface area contributed by atoms with E-state index in [9.17, 15) is 4.79 Å². The highest BCUT2D eigenvalue weighted by Crippen LogP contribution is 2.54. The van der Waals surface area contributed by atoms with Gasteiger partial charge in [0.1, 0.15) is 0 Å². The maximum Gasteiger partial charge on any atom is 0.309 e. The van der Waals surface area contributed by atoms with E-state index in [1.54, 1.807) is 0 Å². The second kappa shape index (κ2) is 4.05. The van der Waals surface area contributed by atoms with Crippen LogP contribution < -0.4 is 0 Å². The average Bonchev–Trinajstić information content (AvgIpc) is 2.92. The summed E-state index contributed by atoms with van der Waals surface area (Å²) < 4.78 is 5.05. The van der Waals surface area contributed by atoms with E-state index in [-0.39, 0.29) is 11.9 Å². The molecule has 0 heterocycles. The average molecular weight is 204 g/mol. The van der Waals surface area contributed by atoms with Crippen LogP contribution >= 0.6 is 0 Å². The number of hydrogen-bond acceptors (Lipinski definition) is 2. The standard InChI is InChI=1S/C13H16O2/c1-3-15-13(14)12-9(2)11(12)10-7-5-4-6-8-10/h4-9,11-12H,3H2,1-2H3/t9-,11?,12?/m0/s1. The lowest BCUT2D eigenvalue weighted by Crippen LogP contribution is -2.07. The van der Waals surface area contributed by atoms with Crippen LogP contribution in [0.2, 0.25) is 0 Å². The number of esters is 1. The molecular weight excluding hydrogens is 188 g/mol. The zero-order valence-electron chi connectivity index (χ0n) is 9.14. The lowest BCUT2D eigenvalue weighted by atomic mass is 10.1. The third-order valence-corrected chi connectivity index (χ3v) is 3.12. The predicted octanol–water partition coefficient (Wildman–Crippen LogP) is 2.60. The minimum absolute atomic E-state index is 0.0427. The van der Waals surface area contributed by atoms with Gasteiger partial charge in [0.15, 0.2) is 0 Å². The highest BCUT2D eigenvalue weighted by Gasteiger charge is 2.53. The number of carbonyl (C=O) groups is 1. The van der Waals surface area contributed by atoms with Crippen LogP contribution in [-0.4, -0.2) is 12.6 Å². The van der Waals surface area contributed by atoms with Gasteiger partial charge in [-0.25, -0.2) is 0 Å². The largest absolute Gasteiger partial charge is 0.466 e. The van der Waals surface area contributed by atoms with Gasteiger partial charge in [-0.1, -0.05) is 37.3 Å². The fraction of sp³-hybridized carbons (Fsp3) is 0.462. The Labute approximate surface area is 90.3 Å². The topological polar surface area (TPSA) is 26.3 Å². The minimum Gasteiger partial charge on any atom is -0.466 e. The van der Waals surface area contributed by atoms with Crippen LogP contribution in [0.25, 0.3) is 0 Å². The number of carbonyl (C=O) groups excluding carboxylic acids is 1. The Morgan fingerprint density at radius 3 is 2.60 bits per heavy atom. The van der Waals surface area contributed by atoms with Crippen LogP contribution in [0.4, 0.5) is 0 Å². The van der Waals surface area contributed by atoms with Crippen LogP contribution in [-0.2, 0) is 9.53 Å². The molecular formula is C13H16O2. The summed E-state index contributed by atoms with van der Waals surface area (Å²) in [5, 5.41) is 0. The van der Waals surface area contributed by atoms with Gasteiger partial charge in [-0.15, -0.1) is 0 Å². The summed E-state index contributed by atoms with van der Waals surface area (Å²) in [4.78, 5) is 11.6. The molecule has 2 rings (SSSR count). The van der Waals surface area contributed by atoms with Crippen molar-refractivity contribution in [2.45, 2.75) is 19.8 Å². The molecule has 1 saturated carbocycles. The van der Waals surface area contributed by atoms with Crippen molar-refractivity contribution in [2.75, 3.05) is 6.61 Å². The van der Waals surface area contributed by atoms with Crippen molar-refractivity contribution in [1.82, 2.24) is 0 Å². The smallest absolute Gasteiger partial charge is 0.309 e. The van der Waals surface area contributed by atoms with E-state index in [0.29, 0.717) is 18.4 Å². The van der Waals surface area contributed by atoms with Crippen LogP contribution in [0, 0.1) is 11.8 Å². The van der Waals surface area contributed by atoms with E-state index in [1.165, 1.54) is 5.56 Å². The van der Waals surface area contributed by atoms with E-state index < -0.39 is 0 Å². The van der Waals surface area contributed by atoms with Crippen molar-refractivity contribution >= 4 is 5.97 Å².